The van der Waals surface area contributed by atoms with Crippen molar-refractivity contribution >= 4 is 5.96 Å². The minimum atomic E-state index is 0.183. The van der Waals surface area contributed by atoms with Crippen LogP contribution in [0.3, 0.4) is 0 Å². The molecule has 0 radical (unpaired) electrons. The summed E-state index contributed by atoms with van der Waals surface area (Å²) in [6, 6.07) is 10.7. The summed E-state index contributed by atoms with van der Waals surface area (Å²) >= 11 is 0. The van der Waals surface area contributed by atoms with E-state index >= 15 is 0 Å². The van der Waals surface area contributed by atoms with Crippen LogP contribution in [0, 0.1) is 10.8 Å². The molecule has 6 nitrogen and oxygen atoms in total. The normalized spacial score (nSPS) is 35.6. The molecule has 1 aromatic rings. The predicted molar refractivity (Wildman–Crippen MR) is 119 cm³/mol. The largest absolute Gasteiger partial charge is 0.370 e. The summed E-state index contributed by atoms with van der Waals surface area (Å²) in [5.41, 5.74) is 13.4. The monoisotopic (exact) mass is 399 g/mol. The van der Waals surface area contributed by atoms with E-state index in [4.69, 9.17) is 11.5 Å². The van der Waals surface area contributed by atoms with Gasteiger partial charge in [0.05, 0.1) is 32.8 Å². The zero-order chi connectivity index (χ0) is 20.5. The minimum Gasteiger partial charge on any atom is -0.370 e. The number of benzene rings is 1. The van der Waals surface area contributed by atoms with Crippen LogP contribution >= 0.6 is 0 Å². The molecule has 3 aliphatic heterocycles. The van der Waals surface area contributed by atoms with Crippen molar-refractivity contribution in [3.8, 4) is 0 Å². The number of hydrogen-bond donors (Lipinski definition) is 2. The number of quaternary nitrogens is 1. The molecule has 0 amide bonds. The lowest BCUT2D eigenvalue weighted by Gasteiger charge is -2.52. The molecule has 1 saturated carbocycles. The third-order valence-corrected chi connectivity index (χ3v) is 8.05. The maximum Gasteiger partial charge on any atom is 0.187 e. The van der Waals surface area contributed by atoms with Gasteiger partial charge >= 0.3 is 0 Å². The molecular formula is C23H39N6+. The van der Waals surface area contributed by atoms with E-state index in [1.165, 1.54) is 62.3 Å². The van der Waals surface area contributed by atoms with Gasteiger partial charge < -0.3 is 16.0 Å². The smallest absolute Gasteiger partial charge is 0.187 e. The average molecular weight is 400 g/mol. The molecule has 2 atom stereocenters. The number of piperazine rings is 3. The number of fused-ring (bicyclic) bond motifs is 3. The second-order valence-electron chi connectivity index (χ2n) is 10.3. The number of rotatable bonds is 9. The first kappa shape index (κ1) is 20.6. The van der Waals surface area contributed by atoms with E-state index in [0.29, 0.717) is 17.5 Å². The Hall–Kier alpha value is -1.63. The molecule has 3 saturated heterocycles. The van der Waals surface area contributed by atoms with Gasteiger partial charge in [0.15, 0.2) is 5.96 Å². The van der Waals surface area contributed by atoms with E-state index in [1.807, 2.05) is 0 Å². The first-order chi connectivity index (χ1) is 13.8. The Bertz CT molecular complexity index is 708. The van der Waals surface area contributed by atoms with Crippen molar-refractivity contribution in [1.82, 2.24) is 9.80 Å². The highest BCUT2D eigenvalue weighted by Crippen LogP contribution is 2.64. The van der Waals surface area contributed by atoms with Gasteiger partial charge in [0.1, 0.15) is 0 Å². The summed E-state index contributed by atoms with van der Waals surface area (Å²) in [5, 5.41) is 0. The zero-order valence-corrected chi connectivity index (χ0v) is 18.3. The van der Waals surface area contributed by atoms with Gasteiger partial charge in [-0.05, 0) is 23.8 Å². The van der Waals surface area contributed by atoms with E-state index in [0.717, 1.165) is 19.5 Å². The second kappa shape index (κ2) is 7.89. The highest BCUT2D eigenvalue weighted by atomic mass is 15.5. The lowest BCUT2D eigenvalue weighted by Crippen LogP contribution is -2.68. The maximum absolute atomic E-state index is 5.64. The van der Waals surface area contributed by atoms with Crippen LogP contribution in [0.25, 0.3) is 0 Å². The number of nitrogens with two attached hydrogens (primary N) is 2. The van der Waals surface area contributed by atoms with Crippen molar-refractivity contribution in [2.24, 2.45) is 27.3 Å². The van der Waals surface area contributed by atoms with Crippen LogP contribution in [0.2, 0.25) is 0 Å². The average Bonchev–Trinajstić information content (AvgIpc) is 3.24. The Balaban J connectivity index is 1.39. The van der Waals surface area contributed by atoms with Crippen LogP contribution in [-0.4, -0.2) is 85.8 Å². The molecule has 6 heteroatoms. The topological polar surface area (TPSA) is 70.9 Å². The van der Waals surface area contributed by atoms with Crippen LogP contribution in [0.5, 0.6) is 0 Å². The SMILES string of the molecule is CC1(CN(CCc2ccccc2)CN=C(N)N)CC1(C)C[N+]12CCN(CC1)CC2. The van der Waals surface area contributed by atoms with Crippen LogP contribution in [0.4, 0.5) is 0 Å². The minimum absolute atomic E-state index is 0.183. The molecule has 29 heavy (non-hydrogen) atoms. The molecule has 1 aromatic carbocycles. The second-order valence-corrected chi connectivity index (χ2v) is 10.3. The summed E-state index contributed by atoms with van der Waals surface area (Å²) in [4.78, 5) is 9.42. The summed E-state index contributed by atoms with van der Waals surface area (Å²) in [6.07, 6.45) is 2.34. The molecular weight excluding hydrogens is 360 g/mol. The number of guanidine groups is 1. The Labute approximate surface area is 176 Å². The van der Waals surface area contributed by atoms with Crippen LogP contribution in [0.1, 0.15) is 25.8 Å². The van der Waals surface area contributed by atoms with Gasteiger partial charge in [0.2, 0.25) is 0 Å². The summed E-state index contributed by atoms with van der Waals surface area (Å²) in [7, 11) is 0. The first-order valence-corrected chi connectivity index (χ1v) is 11.2. The van der Waals surface area contributed by atoms with E-state index in [9.17, 15) is 0 Å². The molecule has 3 heterocycles. The zero-order valence-electron chi connectivity index (χ0n) is 18.3. The van der Waals surface area contributed by atoms with Crippen molar-refractivity contribution in [1.29, 1.82) is 0 Å². The quantitative estimate of drug-likeness (QED) is 0.373. The third-order valence-electron chi connectivity index (χ3n) is 8.05. The van der Waals surface area contributed by atoms with Crippen molar-refractivity contribution in [2.45, 2.75) is 26.7 Å². The van der Waals surface area contributed by atoms with Crippen molar-refractivity contribution in [3.63, 3.8) is 0 Å². The Morgan fingerprint density at radius 2 is 1.72 bits per heavy atom. The molecule has 0 aromatic heterocycles. The molecule has 4 aliphatic rings. The van der Waals surface area contributed by atoms with Gasteiger partial charge in [-0.3, -0.25) is 9.80 Å². The molecule has 0 spiro atoms. The fraction of sp³-hybridized carbons (Fsp3) is 0.696. The van der Waals surface area contributed by atoms with Gasteiger partial charge in [-0.15, -0.1) is 0 Å². The highest BCUT2D eigenvalue weighted by molar-refractivity contribution is 5.75. The van der Waals surface area contributed by atoms with Crippen LogP contribution < -0.4 is 11.5 Å². The van der Waals surface area contributed by atoms with Crippen molar-refractivity contribution in [2.75, 3.05) is 65.6 Å². The van der Waals surface area contributed by atoms with Crippen molar-refractivity contribution in [3.05, 3.63) is 35.9 Å². The lowest BCUT2D eigenvalue weighted by molar-refractivity contribution is -0.945. The van der Waals surface area contributed by atoms with Gasteiger partial charge in [0.25, 0.3) is 0 Å². The maximum atomic E-state index is 5.64. The summed E-state index contributed by atoms with van der Waals surface area (Å²) in [6.45, 7) is 16.9. The molecule has 160 valence electrons. The molecule has 4 fully saturated rings. The van der Waals surface area contributed by atoms with E-state index in [1.54, 1.807) is 0 Å². The van der Waals surface area contributed by atoms with Crippen LogP contribution in [0.15, 0.2) is 35.3 Å². The molecule has 2 bridgehead atoms. The van der Waals surface area contributed by atoms with E-state index in [-0.39, 0.29) is 5.96 Å². The van der Waals surface area contributed by atoms with E-state index in [2.05, 4.69) is 59.0 Å². The highest BCUT2D eigenvalue weighted by Gasteiger charge is 2.65. The molecule has 2 unspecified atom stereocenters. The summed E-state index contributed by atoms with van der Waals surface area (Å²) in [5.74, 6) is 0.183. The Morgan fingerprint density at radius 3 is 2.34 bits per heavy atom. The van der Waals surface area contributed by atoms with Gasteiger partial charge in [-0.1, -0.05) is 44.2 Å². The molecule has 4 N–H and O–H groups in total. The molecule has 1 aliphatic carbocycles. The van der Waals surface area contributed by atoms with Crippen molar-refractivity contribution < 1.29 is 4.48 Å². The molecule has 5 rings (SSSR count). The van der Waals surface area contributed by atoms with Gasteiger partial charge in [0, 0.05) is 38.1 Å². The number of nitrogens with zero attached hydrogens (tertiary/aromatic N) is 4. The Morgan fingerprint density at radius 1 is 1.07 bits per heavy atom. The Kier molecular flexibility index (Phi) is 5.62. The first-order valence-electron chi connectivity index (χ1n) is 11.2. The number of aliphatic imine (C=N–C) groups is 1. The number of hydrogen-bond acceptors (Lipinski definition) is 3. The van der Waals surface area contributed by atoms with Gasteiger partial charge in [-0.25, -0.2) is 4.99 Å². The third kappa shape index (κ3) is 4.60. The standard InChI is InChI=1S/C23H39N6/c1-22(16-23(22,2)18-29-13-10-27(11-14-29)12-15-29)17-28(19-26-21(24)25)9-8-20-6-4-3-5-7-20/h3-7H,8-19H2,1-2H3,(H4,24,25,26)/q+1. The lowest BCUT2D eigenvalue weighted by atomic mass is 9.92. The van der Waals surface area contributed by atoms with Crippen LogP contribution in [-0.2, 0) is 6.42 Å². The van der Waals surface area contributed by atoms with Gasteiger partial charge in [-0.2, -0.15) is 0 Å². The fourth-order valence-corrected chi connectivity index (χ4v) is 5.83. The fourth-order valence-electron chi connectivity index (χ4n) is 5.83. The predicted octanol–water partition coefficient (Wildman–Crippen LogP) is 1.32. The van der Waals surface area contributed by atoms with E-state index < -0.39 is 0 Å². The summed E-state index contributed by atoms with van der Waals surface area (Å²) < 4.78 is 1.35.